The van der Waals surface area contributed by atoms with E-state index in [1.807, 2.05) is 18.2 Å². The van der Waals surface area contributed by atoms with E-state index in [4.69, 9.17) is 11.5 Å². The number of halogens is 2. The van der Waals surface area contributed by atoms with Gasteiger partial charge in [0.15, 0.2) is 11.6 Å². The summed E-state index contributed by atoms with van der Waals surface area (Å²) < 4.78 is 26.8. The molecule has 132 valence electrons. The predicted octanol–water partition coefficient (Wildman–Crippen LogP) is 2.61. The Morgan fingerprint density at radius 3 is 2.72 bits per heavy atom. The quantitative estimate of drug-likeness (QED) is 0.729. The number of nitrogens with two attached hydrogens (primary N) is 2. The van der Waals surface area contributed by atoms with Gasteiger partial charge in [-0.2, -0.15) is 0 Å². The van der Waals surface area contributed by atoms with Crippen LogP contribution in [0, 0.1) is 11.6 Å². The molecule has 6 heteroatoms. The first-order valence-corrected chi connectivity index (χ1v) is 8.29. The molecule has 25 heavy (non-hydrogen) atoms. The number of aryl methyl sites for hydroxylation is 1. The molecule has 0 heterocycles. The minimum Gasteiger partial charge on any atom is -0.398 e. The lowest BCUT2D eigenvalue weighted by Crippen LogP contribution is -2.35. The summed E-state index contributed by atoms with van der Waals surface area (Å²) >= 11 is 0. The van der Waals surface area contributed by atoms with Crippen molar-refractivity contribution in [1.29, 1.82) is 0 Å². The first-order valence-electron chi connectivity index (χ1n) is 8.29. The molecule has 1 aliphatic rings. The number of rotatable bonds is 5. The summed E-state index contributed by atoms with van der Waals surface area (Å²) in [6.45, 7) is 0.333. The normalized spacial score (nSPS) is 17.2. The van der Waals surface area contributed by atoms with E-state index in [9.17, 15) is 13.6 Å². The van der Waals surface area contributed by atoms with Crippen molar-refractivity contribution in [3.8, 4) is 0 Å². The number of para-hydroxylation sites is 1. The standard InChI is InChI=1S/C19H21F2N3O/c20-15-7-11-5-6-13(14(11)8-16(15)21)18(23)9-19(25)24-10-12-3-1-2-4-17(12)22/h1-4,7-8,13,18H,5-6,9-10,22-23H2,(H,24,25). The fourth-order valence-electron chi connectivity index (χ4n) is 3.39. The molecule has 0 aromatic heterocycles. The largest absolute Gasteiger partial charge is 0.398 e. The first kappa shape index (κ1) is 17.4. The number of fused-ring (bicyclic) bond motifs is 1. The Labute approximate surface area is 145 Å². The molecule has 0 aliphatic heterocycles. The van der Waals surface area contributed by atoms with E-state index in [1.165, 1.54) is 12.1 Å². The van der Waals surface area contributed by atoms with Gasteiger partial charge in [0.1, 0.15) is 0 Å². The molecular weight excluding hydrogens is 324 g/mol. The highest BCUT2D eigenvalue weighted by atomic mass is 19.2. The molecule has 1 amide bonds. The highest BCUT2D eigenvalue weighted by Crippen LogP contribution is 2.36. The second kappa shape index (κ2) is 7.19. The maximum absolute atomic E-state index is 13.5. The Morgan fingerprint density at radius 2 is 1.96 bits per heavy atom. The molecule has 2 atom stereocenters. The zero-order valence-corrected chi connectivity index (χ0v) is 13.8. The van der Waals surface area contributed by atoms with Gasteiger partial charge in [-0.3, -0.25) is 4.79 Å². The fraction of sp³-hybridized carbons (Fsp3) is 0.316. The number of nitrogen functional groups attached to an aromatic ring is 1. The van der Waals surface area contributed by atoms with Gasteiger partial charge in [0.2, 0.25) is 5.91 Å². The zero-order valence-electron chi connectivity index (χ0n) is 13.8. The van der Waals surface area contributed by atoms with E-state index >= 15 is 0 Å². The van der Waals surface area contributed by atoms with Crippen LogP contribution >= 0.6 is 0 Å². The number of carbonyl (C=O) groups is 1. The molecular formula is C19H21F2N3O. The SMILES string of the molecule is Nc1ccccc1CNC(=O)CC(N)C1CCc2cc(F)c(F)cc21. The highest BCUT2D eigenvalue weighted by molar-refractivity contribution is 5.77. The molecule has 0 saturated carbocycles. The number of anilines is 1. The third kappa shape index (κ3) is 3.79. The molecule has 0 spiro atoms. The van der Waals surface area contributed by atoms with Gasteiger partial charge in [0.05, 0.1) is 0 Å². The molecule has 2 unspecified atom stereocenters. The summed E-state index contributed by atoms with van der Waals surface area (Å²) in [4.78, 5) is 12.2. The summed E-state index contributed by atoms with van der Waals surface area (Å²) in [5, 5.41) is 2.81. The van der Waals surface area contributed by atoms with Crippen LogP contribution in [-0.2, 0) is 17.8 Å². The third-order valence-electron chi connectivity index (χ3n) is 4.78. The van der Waals surface area contributed by atoms with E-state index in [2.05, 4.69) is 5.32 Å². The third-order valence-corrected chi connectivity index (χ3v) is 4.78. The summed E-state index contributed by atoms with van der Waals surface area (Å²) in [5.74, 6) is -2.04. The molecule has 2 aromatic rings. The molecule has 0 fully saturated rings. The van der Waals surface area contributed by atoms with Gasteiger partial charge in [-0.15, -0.1) is 0 Å². The lowest BCUT2D eigenvalue weighted by Gasteiger charge is -2.20. The molecule has 0 radical (unpaired) electrons. The number of carbonyl (C=O) groups excluding carboxylic acids is 1. The maximum atomic E-state index is 13.5. The zero-order chi connectivity index (χ0) is 18.0. The number of benzene rings is 2. The fourth-order valence-corrected chi connectivity index (χ4v) is 3.39. The minimum absolute atomic E-state index is 0.121. The van der Waals surface area contributed by atoms with Crippen LogP contribution in [0.3, 0.4) is 0 Å². The second-order valence-electron chi connectivity index (χ2n) is 6.45. The summed E-state index contributed by atoms with van der Waals surface area (Å²) in [6.07, 6.45) is 1.46. The van der Waals surface area contributed by atoms with Crippen LogP contribution in [0.2, 0.25) is 0 Å². The van der Waals surface area contributed by atoms with Gasteiger partial charge >= 0.3 is 0 Å². The van der Waals surface area contributed by atoms with Crippen LogP contribution in [0.4, 0.5) is 14.5 Å². The van der Waals surface area contributed by atoms with Crippen molar-refractivity contribution in [2.24, 2.45) is 5.73 Å². The second-order valence-corrected chi connectivity index (χ2v) is 6.45. The summed E-state index contributed by atoms with van der Waals surface area (Å²) in [6, 6.07) is 9.30. The molecule has 0 bridgehead atoms. The lowest BCUT2D eigenvalue weighted by molar-refractivity contribution is -0.121. The highest BCUT2D eigenvalue weighted by Gasteiger charge is 2.30. The number of amides is 1. The van der Waals surface area contributed by atoms with E-state index < -0.39 is 17.7 Å². The number of nitrogens with one attached hydrogen (secondary N) is 1. The van der Waals surface area contributed by atoms with Gasteiger partial charge in [-0.25, -0.2) is 8.78 Å². The molecule has 5 N–H and O–H groups in total. The van der Waals surface area contributed by atoms with Gasteiger partial charge in [0, 0.05) is 30.6 Å². The minimum atomic E-state index is -0.873. The Morgan fingerprint density at radius 1 is 1.24 bits per heavy atom. The van der Waals surface area contributed by atoms with Crippen molar-refractivity contribution in [3.63, 3.8) is 0 Å². The van der Waals surface area contributed by atoms with Crippen molar-refractivity contribution in [1.82, 2.24) is 5.32 Å². The van der Waals surface area contributed by atoms with Gasteiger partial charge in [-0.1, -0.05) is 18.2 Å². The Balaban J connectivity index is 1.60. The Bertz CT molecular complexity index is 794. The van der Waals surface area contributed by atoms with Crippen molar-refractivity contribution < 1.29 is 13.6 Å². The van der Waals surface area contributed by atoms with E-state index in [1.54, 1.807) is 6.07 Å². The van der Waals surface area contributed by atoms with Crippen molar-refractivity contribution in [2.75, 3.05) is 5.73 Å². The van der Waals surface area contributed by atoms with Crippen LogP contribution in [0.5, 0.6) is 0 Å². The summed E-state index contributed by atoms with van der Waals surface area (Å²) in [5.41, 5.74) is 15.0. The monoisotopic (exact) mass is 345 g/mol. The van der Waals surface area contributed by atoms with Crippen molar-refractivity contribution in [3.05, 3.63) is 64.7 Å². The molecule has 0 saturated heterocycles. The molecule has 4 nitrogen and oxygen atoms in total. The maximum Gasteiger partial charge on any atom is 0.221 e. The van der Waals surface area contributed by atoms with Crippen molar-refractivity contribution in [2.45, 2.75) is 37.8 Å². The van der Waals surface area contributed by atoms with Crippen molar-refractivity contribution >= 4 is 11.6 Å². The average molecular weight is 345 g/mol. The van der Waals surface area contributed by atoms with E-state index in [0.29, 0.717) is 30.6 Å². The lowest BCUT2D eigenvalue weighted by atomic mass is 9.91. The number of hydrogen-bond donors (Lipinski definition) is 3. The van der Waals surface area contributed by atoms with Crippen LogP contribution in [-0.4, -0.2) is 11.9 Å². The topological polar surface area (TPSA) is 81.1 Å². The predicted molar refractivity (Wildman–Crippen MR) is 92.7 cm³/mol. The van der Waals surface area contributed by atoms with Crippen LogP contribution in [0.1, 0.15) is 35.4 Å². The molecule has 2 aromatic carbocycles. The molecule has 1 aliphatic carbocycles. The summed E-state index contributed by atoms with van der Waals surface area (Å²) in [7, 11) is 0. The van der Waals surface area contributed by atoms with E-state index in [-0.39, 0.29) is 18.2 Å². The van der Waals surface area contributed by atoms with Crippen LogP contribution in [0.15, 0.2) is 36.4 Å². The molecule has 3 rings (SSSR count). The van der Waals surface area contributed by atoms with Crippen LogP contribution in [0.25, 0.3) is 0 Å². The average Bonchev–Trinajstić information content (AvgIpc) is 2.97. The van der Waals surface area contributed by atoms with Gasteiger partial charge < -0.3 is 16.8 Å². The van der Waals surface area contributed by atoms with Gasteiger partial charge in [0.25, 0.3) is 0 Å². The first-order chi connectivity index (χ1) is 12.0. The Hall–Kier alpha value is -2.47. The smallest absolute Gasteiger partial charge is 0.221 e. The van der Waals surface area contributed by atoms with Crippen LogP contribution < -0.4 is 16.8 Å². The van der Waals surface area contributed by atoms with Gasteiger partial charge in [-0.05, 0) is 47.7 Å². The number of hydrogen-bond acceptors (Lipinski definition) is 3. The Kier molecular flexibility index (Phi) is 4.99. The van der Waals surface area contributed by atoms with E-state index in [0.717, 1.165) is 11.1 Å².